The lowest BCUT2D eigenvalue weighted by Gasteiger charge is -2.11. The smallest absolute Gasteiger partial charge is 0.130 e. The van der Waals surface area contributed by atoms with Gasteiger partial charge < -0.3 is 14.5 Å². The first kappa shape index (κ1) is 19.8. The minimum absolute atomic E-state index is 0.161. The Kier molecular flexibility index (Phi) is 5.77. The van der Waals surface area contributed by atoms with Crippen LogP contribution in [0, 0.1) is 6.92 Å². The van der Waals surface area contributed by atoms with Crippen LogP contribution in [0.4, 0.5) is 0 Å². The molecule has 1 N–H and O–H groups in total. The summed E-state index contributed by atoms with van der Waals surface area (Å²) in [6.45, 7) is 4.29. The Bertz CT molecular complexity index is 1090. The van der Waals surface area contributed by atoms with Crippen molar-refractivity contribution < 1.29 is 9.53 Å². The average Bonchev–Trinajstić information content (AvgIpc) is 3.33. The number of carbonyl (C=O) groups excluding carboxylic acids is 1. The van der Waals surface area contributed by atoms with E-state index in [4.69, 9.17) is 16.3 Å². The van der Waals surface area contributed by atoms with Crippen molar-refractivity contribution in [2.75, 3.05) is 0 Å². The number of fused-ring (bicyclic) bond motifs is 1. The number of allylic oxidation sites excluding steroid dienone is 2. The normalized spacial score (nSPS) is 13.7. The number of halogens is 1. The minimum atomic E-state index is 0.161. The minimum Gasteiger partial charge on any atom is -0.489 e. The number of benzene rings is 2. The standard InChI is InChI=1S/C25H26ClNO2/c1-16-13-18(8-10-21(16)19-5-3-4-6-19)15-29-20-9-12-23-22(14-20)25(26)24(27-23)11-7-17(2)28/h5,8-10,12-14,27H,3-4,6-7,11,15H2,1-2H3. The van der Waals surface area contributed by atoms with Gasteiger partial charge in [-0.2, -0.15) is 0 Å². The van der Waals surface area contributed by atoms with Crippen molar-refractivity contribution in [1.29, 1.82) is 0 Å². The molecule has 0 aliphatic heterocycles. The Labute approximate surface area is 176 Å². The topological polar surface area (TPSA) is 42.1 Å². The average molecular weight is 408 g/mol. The first-order valence-electron chi connectivity index (χ1n) is 10.2. The molecule has 1 aromatic heterocycles. The van der Waals surface area contributed by atoms with Gasteiger partial charge in [0, 0.05) is 23.0 Å². The lowest BCUT2D eigenvalue weighted by molar-refractivity contribution is -0.116. The predicted molar refractivity (Wildman–Crippen MR) is 120 cm³/mol. The maximum Gasteiger partial charge on any atom is 0.130 e. The zero-order chi connectivity index (χ0) is 20.4. The first-order valence-corrected chi connectivity index (χ1v) is 10.6. The highest BCUT2D eigenvalue weighted by Gasteiger charge is 2.12. The maximum absolute atomic E-state index is 11.3. The van der Waals surface area contributed by atoms with Gasteiger partial charge in [0.2, 0.25) is 0 Å². The molecule has 0 saturated heterocycles. The van der Waals surface area contributed by atoms with E-state index in [9.17, 15) is 4.79 Å². The molecule has 1 aliphatic carbocycles. The van der Waals surface area contributed by atoms with Gasteiger partial charge in [0.1, 0.15) is 18.1 Å². The number of aryl methyl sites for hydroxylation is 2. The third-order valence-corrected chi connectivity index (χ3v) is 6.02. The van der Waals surface area contributed by atoms with E-state index in [0.717, 1.165) is 27.9 Å². The highest BCUT2D eigenvalue weighted by atomic mass is 35.5. The number of nitrogens with one attached hydrogen (secondary N) is 1. The highest BCUT2D eigenvalue weighted by molar-refractivity contribution is 6.36. The third-order valence-electron chi connectivity index (χ3n) is 5.59. The van der Waals surface area contributed by atoms with Crippen molar-refractivity contribution in [2.45, 2.75) is 52.6 Å². The fourth-order valence-corrected chi connectivity index (χ4v) is 4.31. The van der Waals surface area contributed by atoms with Crippen molar-refractivity contribution in [3.63, 3.8) is 0 Å². The molecular weight excluding hydrogens is 382 g/mol. The van der Waals surface area contributed by atoms with Gasteiger partial charge >= 0.3 is 0 Å². The fourth-order valence-electron chi connectivity index (χ4n) is 4.02. The van der Waals surface area contributed by atoms with Crippen molar-refractivity contribution in [2.24, 2.45) is 0 Å². The molecule has 0 fully saturated rings. The Balaban J connectivity index is 1.47. The molecule has 0 radical (unpaired) electrons. The molecule has 3 aromatic rings. The molecule has 1 heterocycles. The summed E-state index contributed by atoms with van der Waals surface area (Å²) in [4.78, 5) is 14.6. The predicted octanol–water partition coefficient (Wildman–Crippen LogP) is 6.80. The third kappa shape index (κ3) is 4.40. The van der Waals surface area contributed by atoms with Gasteiger partial charge in [-0.15, -0.1) is 0 Å². The summed E-state index contributed by atoms with van der Waals surface area (Å²) >= 11 is 6.53. The molecule has 0 saturated carbocycles. The second-order valence-corrected chi connectivity index (χ2v) is 8.26. The molecule has 0 bridgehead atoms. The number of carbonyl (C=O) groups is 1. The lowest BCUT2D eigenvalue weighted by atomic mass is 9.98. The van der Waals surface area contributed by atoms with Crippen LogP contribution < -0.4 is 4.74 Å². The number of ether oxygens (including phenoxy) is 1. The van der Waals surface area contributed by atoms with Crippen LogP contribution in [0.2, 0.25) is 5.02 Å². The van der Waals surface area contributed by atoms with Crippen LogP contribution in [0.5, 0.6) is 5.75 Å². The summed E-state index contributed by atoms with van der Waals surface area (Å²) in [5.41, 5.74) is 7.17. The SMILES string of the molecule is CC(=O)CCc1[nH]c2ccc(OCc3ccc(C4=CCCC4)c(C)c3)cc2c1Cl. The van der Waals surface area contributed by atoms with Gasteiger partial charge in [-0.05, 0) is 80.0 Å². The molecule has 0 atom stereocenters. The Morgan fingerprint density at radius 3 is 2.79 bits per heavy atom. The van der Waals surface area contributed by atoms with Crippen molar-refractivity contribution in [1.82, 2.24) is 4.98 Å². The van der Waals surface area contributed by atoms with Crippen LogP contribution in [0.1, 0.15) is 55.0 Å². The van der Waals surface area contributed by atoms with Crippen LogP contribution >= 0.6 is 11.6 Å². The van der Waals surface area contributed by atoms with Crippen LogP contribution in [0.3, 0.4) is 0 Å². The van der Waals surface area contributed by atoms with Crippen molar-refractivity contribution >= 4 is 33.9 Å². The number of rotatable bonds is 7. The van der Waals surface area contributed by atoms with Crippen LogP contribution in [-0.2, 0) is 17.8 Å². The van der Waals surface area contributed by atoms with Gasteiger partial charge in [0.15, 0.2) is 0 Å². The first-order chi connectivity index (χ1) is 14.0. The zero-order valence-corrected chi connectivity index (χ0v) is 17.7. The van der Waals surface area contributed by atoms with Crippen molar-refractivity contribution in [3.05, 3.63) is 69.9 Å². The van der Waals surface area contributed by atoms with E-state index in [0.29, 0.717) is 24.5 Å². The Morgan fingerprint density at radius 1 is 1.21 bits per heavy atom. The van der Waals surface area contributed by atoms with E-state index in [1.54, 1.807) is 6.92 Å². The Morgan fingerprint density at radius 2 is 2.07 bits per heavy atom. The van der Waals surface area contributed by atoms with Gasteiger partial charge in [0.05, 0.1) is 5.02 Å². The number of hydrogen-bond donors (Lipinski definition) is 1. The zero-order valence-electron chi connectivity index (χ0n) is 17.0. The summed E-state index contributed by atoms with van der Waals surface area (Å²) in [6.07, 6.45) is 7.12. The lowest BCUT2D eigenvalue weighted by Crippen LogP contribution is -1.97. The second-order valence-electron chi connectivity index (χ2n) is 7.89. The van der Waals surface area contributed by atoms with Gasteiger partial charge in [0.25, 0.3) is 0 Å². The molecule has 3 nitrogen and oxygen atoms in total. The van der Waals surface area contributed by atoms with Crippen LogP contribution in [0.15, 0.2) is 42.5 Å². The van der Waals surface area contributed by atoms with E-state index < -0.39 is 0 Å². The summed E-state index contributed by atoms with van der Waals surface area (Å²) in [6, 6.07) is 12.5. The molecule has 29 heavy (non-hydrogen) atoms. The highest BCUT2D eigenvalue weighted by Crippen LogP contribution is 2.32. The quantitative estimate of drug-likeness (QED) is 0.468. The van der Waals surface area contributed by atoms with Crippen LogP contribution in [-0.4, -0.2) is 10.8 Å². The van der Waals surface area contributed by atoms with Gasteiger partial charge in [-0.3, -0.25) is 0 Å². The number of aromatic amines is 1. The Hall–Kier alpha value is -2.52. The molecular formula is C25H26ClNO2. The van der Waals surface area contributed by atoms with E-state index >= 15 is 0 Å². The molecule has 1 aliphatic rings. The summed E-state index contributed by atoms with van der Waals surface area (Å²) in [5, 5.41) is 1.61. The summed E-state index contributed by atoms with van der Waals surface area (Å²) < 4.78 is 6.04. The number of H-pyrrole nitrogens is 1. The van der Waals surface area contributed by atoms with E-state index in [1.165, 1.54) is 36.0 Å². The molecule has 0 amide bonds. The number of aromatic nitrogens is 1. The van der Waals surface area contributed by atoms with Gasteiger partial charge in [-0.25, -0.2) is 0 Å². The van der Waals surface area contributed by atoms with Crippen LogP contribution in [0.25, 0.3) is 16.5 Å². The summed E-state index contributed by atoms with van der Waals surface area (Å²) in [5.74, 6) is 0.950. The molecule has 4 heteroatoms. The van der Waals surface area contributed by atoms with E-state index in [1.807, 2.05) is 18.2 Å². The van der Waals surface area contributed by atoms with E-state index in [-0.39, 0.29) is 5.78 Å². The number of ketones is 1. The fraction of sp³-hybridized carbons (Fsp3) is 0.320. The number of Topliss-reactive ketones (excluding diaryl/α,β-unsaturated/α-hetero) is 1. The van der Waals surface area contributed by atoms with Crippen molar-refractivity contribution in [3.8, 4) is 5.75 Å². The molecule has 0 spiro atoms. The summed E-state index contributed by atoms with van der Waals surface area (Å²) in [7, 11) is 0. The van der Waals surface area contributed by atoms with E-state index in [2.05, 4.69) is 36.2 Å². The van der Waals surface area contributed by atoms with Gasteiger partial charge in [-0.1, -0.05) is 35.9 Å². The maximum atomic E-state index is 11.3. The molecule has 4 rings (SSSR count). The second kappa shape index (κ2) is 8.46. The molecule has 150 valence electrons. The monoisotopic (exact) mass is 407 g/mol. The molecule has 0 unspecified atom stereocenters. The molecule has 2 aromatic carbocycles. The number of hydrogen-bond acceptors (Lipinski definition) is 2. The largest absolute Gasteiger partial charge is 0.489 e.